The summed E-state index contributed by atoms with van der Waals surface area (Å²) >= 11 is 6.01. The summed E-state index contributed by atoms with van der Waals surface area (Å²) < 4.78 is 11.9. The van der Waals surface area contributed by atoms with Gasteiger partial charge in [-0.15, -0.1) is 0 Å². The van der Waals surface area contributed by atoms with E-state index in [1.807, 2.05) is 31.2 Å². The summed E-state index contributed by atoms with van der Waals surface area (Å²) in [7, 11) is 0. The van der Waals surface area contributed by atoms with E-state index < -0.39 is 0 Å². The smallest absolute Gasteiger partial charge is 0.134 e. The molecule has 3 rings (SSSR count). The molecule has 20 heavy (non-hydrogen) atoms. The molecule has 1 fully saturated rings. The number of rotatable bonds is 4. The van der Waals surface area contributed by atoms with E-state index in [0.29, 0.717) is 11.6 Å². The molecule has 0 radical (unpaired) electrons. The summed E-state index contributed by atoms with van der Waals surface area (Å²) in [6, 6.07) is 7.38. The van der Waals surface area contributed by atoms with Crippen molar-refractivity contribution < 1.29 is 9.15 Å². The third-order valence-electron chi connectivity index (χ3n) is 4.25. The predicted molar refractivity (Wildman–Crippen MR) is 81.0 cm³/mol. The van der Waals surface area contributed by atoms with Gasteiger partial charge in [0.1, 0.15) is 11.3 Å². The summed E-state index contributed by atoms with van der Waals surface area (Å²) in [5.41, 5.74) is 7.02. The lowest BCUT2D eigenvalue weighted by molar-refractivity contribution is -0.0574. The molecule has 0 bridgehead atoms. The maximum Gasteiger partial charge on any atom is 0.134 e. The normalized spacial score (nSPS) is 19.6. The number of fused-ring (bicyclic) bond motifs is 1. The van der Waals surface area contributed by atoms with E-state index in [9.17, 15) is 0 Å². The van der Waals surface area contributed by atoms with Crippen molar-refractivity contribution in [2.24, 2.45) is 5.73 Å². The Morgan fingerprint density at radius 3 is 2.80 bits per heavy atom. The third-order valence-corrected chi connectivity index (χ3v) is 4.49. The van der Waals surface area contributed by atoms with E-state index in [2.05, 4.69) is 0 Å². The molecule has 1 aromatic heterocycles. The molecule has 3 nitrogen and oxygen atoms in total. The summed E-state index contributed by atoms with van der Waals surface area (Å²) in [6.07, 6.45) is 4.33. The van der Waals surface area contributed by atoms with Crippen LogP contribution in [-0.2, 0) is 4.74 Å². The highest BCUT2D eigenvalue weighted by Gasteiger charge is 2.42. The van der Waals surface area contributed by atoms with Crippen molar-refractivity contribution >= 4 is 22.6 Å². The fraction of sp³-hybridized carbons (Fsp3) is 0.500. The van der Waals surface area contributed by atoms with E-state index in [1.54, 1.807) is 0 Å². The fourth-order valence-electron chi connectivity index (χ4n) is 3.25. The topological polar surface area (TPSA) is 48.4 Å². The predicted octanol–water partition coefficient (Wildman–Crippen LogP) is 4.44. The molecule has 1 aliphatic carbocycles. The average Bonchev–Trinajstić information content (AvgIpc) is 3.05. The van der Waals surface area contributed by atoms with Crippen LogP contribution in [0.5, 0.6) is 0 Å². The van der Waals surface area contributed by atoms with Gasteiger partial charge in [-0.3, -0.25) is 0 Å². The Bertz CT molecular complexity index is 602. The summed E-state index contributed by atoms with van der Waals surface area (Å²) in [4.78, 5) is 0. The average molecular weight is 294 g/mol. The summed E-state index contributed by atoms with van der Waals surface area (Å²) in [6.45, 7) is 2.70. The Hall–Kier alpha value is -1.03. The SMILES string of the molecule is CCOC1(C(N)c2cc3cc(Cl)ccc3o2)CCCC1. The lowest BCUT2D eigenvalue weighted by atomic mass is 9.90. The van der Waals surface area contributed by atoms with Crippen LogP contribution >= 0.6 is 11.6 Å². The van der Waals surface area contributed by atoms with Gasteiger partial charge >= 0.3 is 0 Å². The zero-order chi connectivity index (χ0) is 14.2. The fourth-order valence-corrected chi connectivity index (χ4v) is 3.43. The van der Waals surface area contributed by atoms with Crippen LogP contribution in [0.25, 0.3) is 11.0 Å². The van der Waals surface area contributed by atoms with Crippen molar-refractivity contribution in [2.45, 2.75) is 44.2 Å². The molecule has 1 aliphatic rings. The van der Waals surface area contributed by atoms with Crippen molar-refractivity contribution in [1.82, 2.24) is 0 Å². The van der Waals surface area contributed by atoms with E-state index in [1.165, 1.54) is 12.8 Å². The maximum absolute atomic E-state index is 6.47. The van der Waals surface area contributed by atoms with Gasteiger partial charge in [0.05, 0.1) is 11.6 Å². The number of nitrogens with two attached hydrogens (primary N) is 1. The lowest BCUT2D eigenvalue weighted by Gasteiger charge is -2.33. The van der Waals surface area contributed by atoms with Crippen LogP contribution in [0.1, 0.15) is 44.4 Å². The maximum atomic E-state index is 6.47. The molecule has 1 heterocycles. The van der Waals surface area contributed by atoms with Gasteiger partial charge in [0.15, 0.2) is 0 Å². The molecule has 1 aromatic carbocycles. The highest BCUT2D eigenvalue weighted by molar-refractivity contribution is 6.31. The quantitative estimate of drug-likeness (QED) is 0.907. The lowest BCUT2D eigenvalue weighted by Crippen LogP contribution is -2.41. The first-order valence-electron chi connectivity index (χ1n) is 7.23. The van der Waals surface area contributed by atoms with Crippen LogP contribution in [-0.4, -0.2) is 12.2 Å². The van der Waals surface area contributed by atoms with Crippen molar-refractivity contribution in [1.29, 1.82) is 0 Å². The van der Waals surface area contributed by atoms with Gasteiger partial charge in [0.25, 0.3) is 0 Å². The van der Waals surface area contributed by atoms with Gasteiger partial charge in [-0.25, -0.2) is 0 Å². The molecule has 0 spiro atoms. The van der Waals surface area contributed by atoms with Crippen molar-refractivity contribution in [2.75, 3.05) is 6.61 Å². The largest absolute Gasteiger partial charge is 0.459 e. The molecule has 108 valence electrons. The Kier molecular flexibility index (Phi) is 3.76. The number of ether oxygens (including phenoxy) is 1. The van der Waals surface area contributed by atoms with Crippen LogP contribution in [0.15, 0.2) is 28.7 Å². The molecule has 1 atom stereocenters. The first-order valence-corrected chi connectivity index (χ1v) is 7.61. The molecule has 2 N–H and O–H groups in total. The molecular weight excluding hydrogens is 274 g/mol. The molecule has 1 saturated carbocycles. The highest BCUT2D eigenvalue weighted by Crippen LogP contribution is 2.42. The van der Waals surface area contributed by atoms with Gasteiger partial charge < -0.3 is 14.9 Å². The first kappa shape index (κ1) is 13.9. The summed E-state index contributed by atoms with van der Waals surface area (Å²) in [5, 5.41) is 1.70. The van der Waals surface area contributed by atoms with E-state index in [0.717, 1.165) is 29.6 Å². The Morgan fingerprint density at radius 2 is 2.10 bits per heavy atom. The van der Waals surface area contributed by atoms with Crippen molar-refractivity contribution in [3.8, 4) is 0 Å². The van der Waals surface area contributed by atoms with E-state index >= 15 is 0 Å². The van der Waals surface area contributed by atoms with E-state index in [-0.39, 0.29) is 11.6 Å². The number of hydrogen-bond donors (Lipinski definition) is 1. The third kappa shape index (κ3) is 2.34. The van der Waals surface area contributed by atoms with E-state index in [4.69, 9.17) is 26.5 Å². The van der Waals surface area contributed by atoms with Crippen molar-refractivity contribution in [3.63, 3.8) is 0 Å². The molecule has 2 aromatic rings. The molecule has 4 heteroatoms. The number of hydrogen-bond acceptors (Lipinski definition) is 3. The van der Waals surface area contributed by atoms with Gasteiger partial charge in [0.2, 0.25) is 0 Å². The molecule has 0 saturated heterocycles. The highest BCUT2D eigenvalue weighted by atomic mass is 35.5. The second-order valence-corrected chi connectivity index (χ2v) is 5.95. The zero-order valence-electron chi connectivity index (χ0n) is 11.7. The summed E-state index contributed by atoms with van der Waals surface area (Å²) in [5.74, 6) is 0.789. The van der Waals surface area contributed by atoms with Crippen LogP contribution in [0.3, 0.4) is 0 Å². The van der Waals surface area contributed by atoms with Gasteiger partial charge in [-0.2, -0.15) is 0 Å². The molecule has 0 aliphatic heterocycles. The minimum absolute atomic E-state index is 0.226. The zero-order valence-corrected chi connectivity index (χ0v) is 12.5. The van der Waals surface area contributed by atoms with Crippen LogP contribution in [0.2, 0.25) is 5.02 Å². The van der Waals surface area contributed by atoms with Crippen molar-refractivity contribution in [3.05, 3.63) is 35.0 Å². The molecule has 0 amide bonds. The number of benzene rings is 1. The molecular formula is C16H20ClNO2. The first-order chi connectivity index (χ1) is 9.64. The minimum Gasteiger partial charge on any atom is -0.459 e. The van der Waals surface area contributed by atoms with Crippen LogP contribution < -0.4 is 5.73 Å². The monoisotopic (exact) mass is 293 g/mol. The second kappa shape index (κ2) is 5.40. The van der Waals surface area contributed by atoms with Gasteiger partial charge in [0, 0.05) is 17.0 Å². The van der Waals surface area contributed by atoms with Crippen LogP contribution in [0, 0.1) is 0 Å². The second-order valence-electron chi connectivity index (χ2n) is 5.51. The Balaban J connectivity index is 1.96. The van der Waals surface area contributed by atoms with Gasteiger partial charge in [-0.1, -0.05) is 24.4 Å². The van der Waals surface area contributed by atoms with Crippen LogP contribution in [0.4, 0.5) is 0 Å². The molecule has 1 unspecified atom stereocenters. The number of halogens is 1. The Labute approximate surface area is 124 Å². The van der Waals surface area contributed by atoms with Gasteiger partial charge in [-0.05, 0) is 44.0 Å². The number of furan rings is 1. The Morgan fingerprint density at radius 1 is 1.35 bits per heavy atom. The minimum atomic E-state index is -0.271. The standard InChI is InChI=1S/C16H20ClNO2/c1-2-19-16(7-3-4-8-16)15(18)14-10-11-9-12(17)5-6-13(11)20-14/h5-6,9-10,15H,2-4,7-8,18H2,1H3.